The van der Waals surface area contributed by atoms with Crippen LogP contribution in [0, 0.1) is 0 Å². The molecule has 0 aliphatic carbocycles. The fourth-order valence-electron chi connectivity index (χ4n) is 3.13. The molecular weight excluding hydrogens is 318 g/mol. The largest absolute Gasteiger partial charge is 0.444 e. The summed E-state index contributed by atoms with van der Waals surface area (Å²) in [5.74, 6) is 1.58. The van der Waals surface area contributed by atoms with E-state index < -0.39 is 5.60 Å². The highest BCUT2D eigenvalue weighted by Gasteiger charge is 2.38. The molecule has 1 fully saturated rings. The summed E-state index contributed by atoms with van der Waals surface area (Å²) in [7, 11) is 0. The summed E-state index contributed by atoms with van der Waals surface area (Å²) in [6.45, 7) is 12.4. The second kappa shape index (κ2) is 6.53. The Balaban J connectivity index is 1.71. The van der Waals surface area contributed by atoms with Gasteiger partial charge in [0.05, 0.1) is 18.9 Å². The number of piperidine rings is 1. The van der Waals surface area contributed by atoms with Gasteiger partial charge in [-0.15, -0.1) is 5.10 Å². The summed E-state index contributed by atoms with van der Waals surface area (Å²) in [6, 6.07) is 0.229. The minimum absolute atomic E-state index is 0.0523. The molecule has 2 aromatic rings. The van der Waals surface area contributed by atoms with Gasteiger partial charge in [0.25, 0.3) is 0 Å². The third-order valence-corrected chi connectivity index (χ3v) is 4.72. The topological polar surface area (TPSA) is 80.2 Å². The van der Waals surface area contributed by atoms with E-state index in [1.54, 1.807) is 10.9 Å². The maximum atomic E-state index is 11.1. The summed E-state index contributed by atoms with van der Waals surface area (Å²) >= 11 is 0. The third-order valence-electron chi connectivity index (χ3n) is 4.72. The molecule has 0 bridgehead atoms. The number of likely N-dealkylation sites (tertiary alicyclic amines) is 1. The van der Waals surface area contributed by atoms with Gasteiger partial charge in [-0.1, -0.05) is 26.0 Å². The molecule has 0 unspecified atom stereocenters. The zero-order valence-corrected chi connectivity index (χ0v) is 15.9. The molecule has 7 heteroatoms. The highest BCUT2D eigenvalue weighted by molar-refractivity contribution is 5.10. The minimum atomic E-state index is -0.967. The fraction of sp³-hybridized carbons (Fsp3) is 0.722. The Morgan fingerprint density at radius 2 is 2.12 bits per heavy atom. The van der Waals surface area contributed by atoms with E-state index in [4.69, 9.17) is 4.42 Å². The summed E-state index contributed by atoms with van der Waals surface area (Å²) in [5.41, 5.74) is -0.373. The lowest BCUT2D eigenvalue weighted by Crippen LogP contribution is -2.46. The highest BCUT2D eigenvalue weighted by Crippen LogP contribution is 2.31. The first-order valence-electron chi connectivity index (χ1n) is 9.00. The second-order valence-corrected chi connectivity index (χ2v) is 8.39. The maximum absolute atomic E-state index is 11.1. The van der Waals surface area contributed by atoms with Crippen LogP contribution in [-0.4, -0.2) is 43.1 Å². The van der Waals surface area contributed by atoms with Gasteiger partial charge in [-0.3, -0.25) is 4.90 Å². The quantitative estimate of drug-likeness (QED) is 0.916. The SMILES string of the molecule is CC(C)n1cc([C@@]2(O)CCCN(Cc3ncc(C(C)(C)C)o3)C2)nn1. The van der Waals surface area contributed by atoms with Crippen LogP contribution in [0.4, 0.5) is 0 Å². The van der Waals surface area contributed by atoms with E-state index in [1.807, 2.05) is 20.0 Å². The van der Waals surface area contributed by atoms with Gasteiger partial charge < -0.3 is 9.52 Å². The number of rotatable bonds is 4. The molecule has 3 heterocycles. The molecule has 1 saturated heterocycles. The van der Waals surface area contributed by atoms with Crippen molar-refractivity contribution in [3.05, 3.63) is 29.7 Å². The van der Waals surface area contributed by atoms with Crippen molar-refractivity contribution in [1.29, 1.82) is 0 Å². The van der Waals surface area contributed by atoms with Gasteiger partial charge in [-0.05, 0) is 33.2 Å². The van der Waals surface area contributed by atoms with E-state index in [1.165, 1.54) is 0 Å². The van der Waals surface area contributed by atoms with E-state index in [0.29, 0.717) is 31.1 Å². The molecule has 0 saturated carbocycles. The van der Waals surface area contributed by atoms with Gasteiger partial charge in [0.2, 0.25) is 5.89 Å². The molecule has 1 atom stereocenters. The Hall–Kier alpha value is -1.73. The first-order valence-corrected chi connectivity index (χ1v) is 9.00. The van der Waals surface area contributed by atoms with Crippen molar-refractivity contribution >= 4 is 0 Å². The minimum Gasteiger partial charge on any atom is -0.444 e. The first-order chi connectivity index (χ1) is 11.7. The van der Waals surface area contributed by atoms with Gasteiger partial charge in [-0.25, -0.2) is 9.67 Å². The summed E-state index contributed by atoms with van der Waals surface area (Å²) in [6.07, 6.45) is 5.26. The smallest absolute Gasteiger partial charge is 0.208 e. The number of hydrogen-bond donors (Lipinski definition) is 1. The third kappa shape index (κ3) is 3.93. The zero-order valence-electron chi connectivity index (χ0n) is 15.9. The van der Waals surface area contributed by atoms with Crippen molar-refractivity contribution in [2.24, 2.45) is 0 Å². The molecule has 1 aliphatic heterocycles. The van der Waals surface area contributed by atoms with Crippen molar-refractivity contribution in [2.75, 3.05) is 13.1 Å². The second-order valence-electron chi connectivity index (χ2n) is 8.39. The van der Waals surface area contributed by atoms with Crippen LogP contribution in [0.5, 0.6) is 0 Å². The predicted molar refractivity (Wildman–Crippen MR) is 94.0 cm³/mol. The van der Waals surface area contributed by atoms with E-state index in [0.717, 1.165) is 18.7 Å². The number of nitrogens with zero attached hydrogens (tertiary/aromatic N) is 5. The van der Waals surface area contributed by atoms with Crippen LogP contribution in [0.1, 0.15) is 70.8 Å². The average molecular weight is 347 g/mol. The van der Waals surface area contributed by atoms with Crippen LogP contribution in [0.3, 0.4) is 0 Å². The molecule has 0 spiro atoms. The van der Waals surface area contributed by atoms with Crippen molar-refractivity contribution < 1.29 is 9.52 Å². The summed E-state index contributed by atoms with van der Waals surface area (Å²) in [4.78, 5) is 6.58. The average Bonchev–Trinajstić information content (AvgIpc) is 3.16. The normalized spacial score (nSPS) is 22.7. The van der Waals surface area contributed by atoms with Gasteiger partial charge in [0, 0.05) is 18.0 Å². The number of aromatic nitrogens is 4. The predicted octanol–water partition coefficient (Wildman–Crippen LogP) is 2.63. The van der Waals surface area contributed by atoms with Crippen molar-refractivity contribution in [3.63, 3.8) is 0 Å². The molecule has 7 nitrogen and oxygen atoms in total. The van der Waals surface area contributed by atoms with Crippen molar-refractivity contribution in [1.82, 2.24) is 24.9 Å². The number of aliphatic hydroxyl groups is 1. The Morgan fingerprint density at radius 1 is 1.36 bits per heavy atom. The van der Waals surface area contributed by atoms with E-state index in [-0.39, 0.29) is 11.5 Å². The van der Waals surface area contributed by atoms with E-state index in [9.17, 15) is 5.11 Å². The van der Waals surface area contributed by atoms with Gasteiger partial charge in [-0.2, -0.15) is 0 Å². The molecule has 3 rings (SSSR count). The number of oxazole rings is 1. The van der Waals surface area contributed by atoms with Gasteiger partial charge in [0.15, 0.2) is 0 Å². The molecule has 138 valence electrons. The van der Waals surface area contributed by atoms with Crippen LogP contribution in [-0.2, 0) is 17.6 Å². The molecule has 25 heavy (non-hydrogen) atoms. The Labute approximate surface area is 149 Å². The highest BCUT2D eigenvalue weighted by atomic mass is 16.4. The molecule has 0 aromatic carbocycles. The van der Waals surface area contributed by atoms with E-state index >= 15 is 0 Å². The Bertz CT molecular complexity index is 715. The van der Waals surface area contributed by atoms with E-state index in [2.05, 4.69) is 41.0 Å². The van der Waals surface area contributed by atoms with Crippen LogP contribution < -0.4 is 0 Å². The lowest BCUT2D eigenvalue weighted by Gasteiger charge is -2.37. The molecule has 1 aliphatic rings. The number of β-amino-alcohol motifs (C(OH)–C–C–N with tert-alkyl or cyclic N) is 1. The number of hydrogen-bond acceptors (Lipinski definition) is 6. The lowest BCUT2D eigenvalue weighted by atomic mass is 9.90. The summed E-state index contributed by atoms with van der Waals surface area (Å²) in [5, 5.41) is 19.5. The van der Waals surface area contributed by atoms with Gasteiger partial charge in [0.1, 0.15) is 17.1 Å². The molecule has 1 N–H and O–H groups in total. The van der Waals surface area contributed by atoms with Crippen molar-refractivity contribution in [3.8, 4) is 0 Å². The standard InChI is InChI=1S/C18H29N5O2/c1-13(2)23-10-14(20-21-23)18(24)7-6-8-22(12-18)11-16-19-9-15(25-16)17(3,4)5/h9-10,13,24H,6-8,11-12H2,1-5H3/t18-/m1/s1. The van der Waals surface area contributed by atoms with Crippen LogP contribution in [0.15, 0.2) is 16.8 Å². The van der Waals surface area contributed by atoms with Crippen LogP contribution >= 0.6 is 0 Å². The van der Waals surface area contributed by atoms with Crippen LogP contribution in [0.25, 0.3) is 0 Å². The Morgan fingerprint density at radius 3 is 2.72 bits per heavy atom. The lowest BCUT2D eigenvalue weighted by molar-refractivity contribution is -0.0434. The van der Waals surface area contributed by atoms with Crippen LogP contribution in [0.2, 0.25) is 0 Å². The first kappa shape index (κ1) is 18.1. The molecule has 2 aromatic heterocycles. The molecule has 0 amide bonds. The monoisotopic (exact) mass is 347 g/mol. The van der Waals surface area contributed by atoms with Crippen molar-refractivity contribution in [2.45, 2.75) is 71.1 Å². The fourth-order valence-corrected chi connectivity index (χ4v) is 3.13. The Kier molecular flexibility index (Phi) is 4.72. The molecule has 0 radical (unpaired) electrons. The zero-order chi connectivity index (χ0) is 18.2. The van der Waals surface area contributed by atoms with Gasteiger partial charge >= 0.3 is 0 Å². The molecular formula is C18H29N5O2. The summed E-state index contributed by atoms with van der Waals surface area (Å²) < 4.78 is 7.68. The maximum Gasteiger partial charge on any atom is 0.208 e.